The Balaban J connectivity index is 2.30. The SMILES string of the molecule is COc1ccc(-c2coc3cc(O)c(O)c(O)c3c2=O)cc1O. The Bertz CT molecular complexity index is 972. The summed E-state index contributed by atoms with van der Waals surface area (Å²) in [6.45, 7) is 0. The van der Waals surface area contributed by atoms with Crippen molar-refractivity contribution in [2.24, 2.45) is 0 Å². The molecule has 1 aromatic heterocycles. The molecule has 2 aromatic carbocycles. The molecule has 3 rings (SSSR count). The molecule has 0 spiro atoms. The standard InChI is InChI=1S/C16H12O7/c1-22-11-3-2-7(4-9(11)17)8-6-23-12-5-10(18)15(20)16(21)13(12)14(8)19/h2-6,17-18,20-21H,1H3. The second kappa shape index (κ2) is 5.13. The van der Waals surface area contributed by atoms with E-state index in [2.05, 4.69) is 0 Å². The smallest absolute Gasteiger partial charge is 0.204 e. The molecule has 0 aliphatic carbocycles. The highest BCUT2D eigenvalue weighted by molar-refractivity contribution is 5.91. The number of fused-ring (bicyclic) bond motifs is 1. The molecule has 0 radical (unpaired) electrons. The van der Waals surface area contributed by atoms with Gasteiger partial charge in [-0.25, -0.2) is 0 Å². The fraction of sp³-hybridized carbons (Fsp3) is 0.0625. The summed E-state index contributed by atoms with van der Waals surface area (Å²) < 4.78 is 10.2. The molecule has 0 saturated carbocycles. The van der Waals surface area contributed by atoms with Crippen molar-refractivity contribution in [2.45, 2.75) is 0 Å². The van der Waals surface area contributed by atoms with Crippen LogP contribution in [0.4, 0.5) is 0 Å². The number of rotatable bonds is 2. The van der Waals surface area contributed by atoms with Gasteiger partial charge in [0.25, 0.3) is 0 Å². The van der Waals surface area contributed by atoms with E-state index in [1.165, 1.54) is 25.3 Å². The van der Waals surface area contributed by atoms with E-state index in [1.807, 2.05) is 0 Å². The van der Waals surface area contributed by atoms with E-state index in [-0.39, 0.29) is 28.0 Å². The third-order valence-corrected chi connectivity index (χ3v) is 3.48. The second-order valence-electron chi connectivity index (χ2n) is 4.83. The minimum atomic E-state index is -0.806. The average Bonchev–Trinajstić information content (AvgIpc) is 2.52. The van der Waals surface area contributed by atoms with Crippen LogP contribution in [-0.2, 0) is 0 Å². The van der Waals surface area contributed by atoms with Crippen LogP contribution in [0.25, 0.3) is 22.1 Å². The van der Waals surface area contributed by atoms with Gasteiger partial charge >= 0.3 is 0 Å². The van der Waals surface area contributed by atoms with Crippen molar-refractivity contribution in [3.63, 3.8) is 0 Å². The molecule has 0 aliphatic rings. The lowest BCUT2D eigenvalue weighted by Crippen LogP contribution is -2.05. The lowest BCUT2D eigenvalue weighted by atomic mass is 10.0. The predicted octanol–water partition coefficient (Wildman–Crippen LogP) is 2.29. The van der Waals surface area contributed by atoms with E-state index in [9.17, 15) is 25.2 Å². The molecule has 7 heteroatoms. The molecule has 1 heterocycles. The minimum Gasteiger partial charge on any atom is -0.504 e. The van der Waals surface area contributed by atoms with Gasteiger partial charge < -0.3 is 29.6 Å². The van der Waals surface area contributed by atoms with E-state index in [1.54, 1.807) is 0 Å². The van der Waals surface area contributed by atoms with E-state index in [0.29, 0.717) is 5.56 Å². The fourth-order valence-corrected chi connectivity index (χ4v) is 2.30. The third kappa shape index (κ3) is 2.18. The molecule has 7 nitrogen and oxygen atoms in total. The fourth-order valence-electron chi connectivity index (χ4n) is 2.30. The van der Waals surface area contributed by atoms with Crippen LogP contribution in [0.1, 0.15) is 0 Å². The van der Waals surface area contributed by atoms with Crippen molar-refractivity contribution in [3.05, 3.63) is 40.8 Å². The Morgan fingerprint density at radius 1 is 1.00 bits per heavy atom. The van der Waals surface area contributed by atoms with E-state index in [0.717, 1.165) is 12.3 Å². The summed E-state index contributed by atoms with van der Waals surface area (Å²) in [7, 11) is 1.40. The average molecular weight is 316 g/mol. The van der Waals surface area contributed by atoms with Gasteiger partial charge in [-0.05, 0) is 17.7 Å². The van der Waals surface area contributed by atoms with Crippen molar-refractivity contribution in [3.8, 4) is 39.9 Å². The number of hydrogen-bond donors (Lipinski definition) is 4. The molecule has 0 unspecified atom stereocenters. The molecule has 0 bridgehead atoms. The Morgan fingerprint density at radius 2 is 1.74 bits per heavy atom. The van der Waals surface area contributed by atoms with E-state index < -0.39 is 22.7 Å². The highest BCUT2D eigenvalue weighted by Crippen LogP contribution is 2.40. The van der Waals surface area contributed by atoms with Crippen LogP contribution >= 0.6 is 0 Å². The van der Waals surface area contributed by atoms with Gasteiger partial charge in [0, 0.05) is 6.07 Å². The highest BCUT2D eigenvalue weighted by atomic mass is 16.5. The number of aromatic hydroxyl groups is 4. The predicted molar refractivity (Wildman–Crippen MR) is 81.1 cm³/mol. The van der Waals surface area contributed by atoms with Gasteiger partial charge in [0.15, 0.2) is 23.0 Å². The van der Waals surface area contributed by atoms with Crippen LogP contribution in [0, 0.1) is 0 Å². The largest absolute Gasteiger partial charge is 0.504 e. The highest BCUT2D eigenvalue weighted by Gasteiger charge is 2.19. The van der Waals surface area contributed by atoms with Crippen LogP contribution < -0.4 is 10.2 Å². The zero-order valence-electron chi connectivity index (χ0n) is 11.9. The van der Waals surface area contributed by atoms with Crippen molar-refractivity contribution >= 4 is 11.0 Å². The molecule has 118 valence electrons. The van der Waals surface area contributed by atoms with Gasteiger partial charge in [-0.15, -0.1) is 0 Å². The van der Waals surface area contributed by atoms with Crippen molar-refractivity contribution < 1.29 is 29.6 Å². The Hall–Kier alpha value is -3.35. The molecule has 4 N–H and O–H groups in total. The van der Waals surface area contributed by atoms with Gasteiger partial charge in [0.05, 0.1) is 12.7 Å². The quantitative estimate of drug-likeness (QED) is 0.535. The summed E-state index contributed by atoms with van der Waals surface area (Å²) in [5, 5.41) is 38.4. The first kappa shape index (κ1) is 14.6. The molecular weight excluding hydrogens is 304 g/mol. The summed E-state index contributed by atoms with van der Waals surface area (Å²) in [5.74, 6) is -2.10. The maximum Gasteiger partial charge on any atom is 0.204 e. The number of ether oxygens (including phenoxy) is 1. The topological polar surface area (TPSA) is 120 Å². The van der Waals surface area contributed by atoms with Crippen molar-refractivity contribution in [2.75, 3.05) is 7.11 Å². The molecule has 23 heavy (non-hydrogen) atoms. The monoisotopic (exact) mass is 316 g/mol. The number of methoxy groups -OCH3 is 1. The van der Waals surface area contributed by atoms with E-state index >= 15 is 0 Å². The number of hydrogen-bond acceptors (Lipinski definition) is 7. The third-order valence-electron chi connectivity index (χ3n) is 3.48. The van der Waals surface area contributed by atoms with Crippen LogP contribution in [0.3, 0.4) is 0 Å². The molecule has 0 atom stereocenters. The minimum absolute atomic E-state index is 0.0656. The molecule has 0 aliphatic heterocycles. The van der Waals surface area contributed by atoms with Gasteiger partial charge in [-0.3, -0.25) is 4.79 Å². The van der Waals surface area contributed by atoms with Crippen LogP contribution in [0.15, 0.2) is 39.7 Å². The summed E-state index contributed by atoms with van der Waals surface area (Å²) in [5.41, 5.74) is -0.297. The van der Waals surface area contributed by atoms with Crippen LogP contribution in [-0.4, -0.2) is 27.5 Å². The number of phenols is 4. The van der Waals surface area contributed by atoms with E-state index in [4.69, 9.17) is 9.15 Å². The lowest BCUT2D eigenvalue weighted by molar-refractivity contribution is 0.370. The molecular formula is C16H12O7. The second-order valence-corrected chi connectivity index (χ2v) is 4.83. The molecule has 0 amide bonds. The zero-order valence-corrected chi connectivity index (χ0v) is 11.9. The summed E-state index contributed by atoms with van der Waals surface area (Å²) >= 11 is 0. The number of benzene rings is 2. The Kier molecular flexibility index (Phi) is 3.25. The van der Waals surface area contributed by atoms with Crippen LogP contribution in [0.2, 0.25) is 0 Å². The summed E-state index contributed by atoms with van der Waals surface area (Å²) in [6.07, 6.45) is 1.14. The maximum absolute atomic E-state index is 12.6. The van der Waals surface area contributed by atoms with Crippen LogP contribution in [0.5, 0.6) is 28.7 Å². The first-order chi connectivity index (χ1) is 10.9. The number of phenolic OH excluding ortho intramolecular Hbond substituents is 4. The van der Waals surface area contributed by atoms with Gasteiger partial charge in [0.1, 0.15) is 17.2 Å². The van der Waals surface area contributed by atoms with Gasteiger partial charge in [0.2, 0.25) is 11.2 Å². The van der Waals surface area contributed by atoms with Crippen molar-refractivity contribution in [1.29, 1.82) is 0 Å². The maximum atomic E-state index is 12.6. The Morgan fingerprint density at radius 3 is 2.39 bits per heavy atom. The Labute approximate surface area is 129 Å². The zero-order chi connectivity index (χ0) is 16.7. The first-order valence-electron chi connectivity index (χ1n) is 6.50. The normalized spacial score (nSPS) is 10.8. The van der Waals surface area contributed by atoms with Gasteiger partial charge in [-0.1, -0.05) is 6.07 Å². The summed E-state index contributed by atoms with van der Waals surface area (Å²) in [6, 6.07) is 5.35. The first-order valence-corrected chi connectivity index (χ1v) is 6.50. The van der Waals surface area contributed by atoms with Gasteiger partial charge in [-0.2, -0.15) is 0 Å². The lowest BCUT2D eigenvalue weighted by Gasteiger charge is -2.08. The molecule has 0 fully saturated rings. The summed E-state index contributed by atoms with van der Waals surface area (Å²) in [4.78, 5) is 12.6. The van der Waals surface area contributed by atoms with Crippen molar-refractivity contribution in [1.82, 2.24) is 0 Å². The molecule has 0 saturated heterocycles. The molecule has 3 aromatic rings.